The van der Waals surface area contributed by atoms with E-state index in [0.29, 0.717) is 17.9 Å². The number of carboxylic acids is 1. The third-order valence-corrected chi connectivity index (χ3v) is 5.58. The molecule has 0 aromatic heterocycles. The molecule has 0 spiro atoms. The molecular formula is C15H26N2O2. The van der Waals surface area contributed by atoms with Gasteiger partial charge in [0.25, 0.3) is 0 Å². The van der Waals surface area contributed by atoms with Gasteiger partial charge < -0.3 is 15.3 Å². The molecule has 5 unspecified atom stereocenters. The molecule has 2 aliphatic carbocycles. The van der Waals surface area contributed by atoms with Crippen molar-refractivity contribution in [2.45, 2.75) is 50.6 Å². The number of hydrogen-bond acceptors (Lipinski definition) is 3. The first-order valence-electron chi connectivity index (χ1n) is 7.82. The third-order valence-electron chi connectivity index (χ3n) is 5.58. The number of fused-ring (bicyclic) bond motifs is 2. The lowest BCUT2D eigenvalue weighted by molar-refractivity contribution is -0.144. The average Bonchev–Trinajstić information content (AvgIpc) is 2.90. The molecule has 5 atom stereocenters. The maximum atomic E-state index is 11.5. The quantitative estimate of drug-likeness (QED) is 0.814. The van der Waals surface area contributed by atoms with E-state index in [1.165, 1.54) is 25.8 Å². The Bertz CT molecular complexity index is 347. The van der Waals surface area contributed by atoms with E-state index in [2.05, 4.69) is 17.3 Å². The van der Waals surface area contributed by atoms with E-state index in [-0.39, 0.29) is 12.0 Å². The highest BCUT2D eigenvalue weighted by Crippen LogP contribution is 2.48. The molecule has 2 saturated carbocycles. The van der Waals surface area contributed by atoms with Crippen LogP contribution in [0.25, 0.3) is 0 Å². The van der Waals surface area contributed by atoms with E-state index in [4.69, 9.17) is 0 Å². The summed E-state index contributed by atoms with van der Waals surface area (Å²) < 4.78 is 0. The van der Waals surface area contributed by atoms with Crippen molar-refractivity contribution in [3.8, 4) is 0 Å². The van der Waals surface area contributed by atoms with Gasteiger partial charge in [-0.05, 0) is 70.5 Å². The van der Waals surface area contributed by atoms with Crippen molar-refractivity contribution >= 4 is 5.97 Å². The van der Waals surface area contributed by atoms with E-state index in [1.54, 1.807) is 0 Å². The molecule has 0 amide bonds. The number of likely N-dealkylation sites (tertiary alicyclic amines) is 1. The molecule has 108 valence electrons. The maximum absolute atomic E-state index is 11.5. The van der Waals surface area contributed by atoms with Gasteiger partial charge in [-0.1, -0.05) is 0 Å². The van der Waals surface area contributed by atoms with Gasteiger partial charge in [-0.2, -0.15) is 0 Å². The van der Waals surface area contributed by atoms with Crippen LogP contribution in [-0.2, 0) is 4.79 Å². The number of hydrogen-bond donors (Lipinski definition) is 2. The van der Waals surface area contributed by atoms with Crippen molar-refractivity contribution in [2.75, 3.05) is 20.1 Å². The normalized spacial score (nSPS) is 43.3. The number of nitrogens with zero attached hydrogens (tertiary/aromatic N) is 1. The average molecular weight is 266 g/mol. The molecule has 1 saturated heterocycles. The van der Waals surface area contributed by atoms with E-state index in [1.807, 2.05) is 0 Å². The second-order valence-electron chi connectivity index (χ2n) is 6.82. The minimum atomic E-state index is -0.574. The Labute approximate surface area is 115 Å². The molecule has 0 aromatic rings. The fourth-order valence-electron chi connectivity index (χ4n) is 4.57. The Morgan fingerprint density at radius 2 is 1.95 bits per heavy atom. The highest BCUT2D eigenvalue weighted by Gasteiger charge is 2.51. The van der Waals surface area contributed by atoms with Gasteiger partial charge in [-0.25, -0.2) is 0 Å². The second-order valence-corrected chi connectivity index (χ2v) is 6.82. The van der Waals surface area contributed by atoms with Crippen LogP contribution in [0.2, 0.25) is 0 Å². The molecule has 2 N–H and O–H groups in total. The van der Waals surface area contributed by atoms with Gasteiger partial charge >= 0.3 is 5.97 Å². The lowest BCUT2D eigenvalue weighted by Crippen LogP contribution is -2.48. The van der Waals surface area contributed by atoms with Crippen LogP contribution in [0.5, 0.6) is 0 Å². The first-order valence-corrected chi connectivity index (χ1v) is 7.82. The Kier molecular flexibility index (Phi) is 3.81. The molecule has 2 bridgehead atoms. The first kappa shape index (κ1) is 13.4. The zero-order chi connectivity index (χ0) is 13.4. The van der Waals surface area contributed by atoms with Crippen LogP contribution in [0.3, 0.4) is 0 Å². The summed E-state index contributed by atoms with van der Waals surface area (Å²) in [7, 11) is 2.18. The van der Waals surface area contributed by atoms with E-state index >= 15 is 0 Å². The Morgan fingerprint density at radius 3 is 2.74 bits per heavy atom. The van der Waals surface area contributed by atoms with Gasteiger partial charge in [0.15, 0.2) is 0 Å². The summed E-state index contributed by atoms with van der Waals surface area (Å²) in [5, 5.41) is 13.2. The lowest BCUT2D eigenvalue weighted by atomic mass is 9.84. The van der Waals surface area contributed by atoms with Gasteiger partial charge in [0.2, 0.25) is 0 Å². The van der Waals surface area contributed by atoms with Crippen LogP contribution in [0.1, 0.15) is 38.5 Å². The SMILES string of the molecule is CN1CCCC(NC2C3CCC(C3)C2C(=O)O)CC1. The summed E-state index contributed by atoms with van der Waals surface area (Å²) >= 11 is 0. The van der Waals surface area contributed by atoms with Crippen LogP contribution in [0.15, 0.2) is 0 Å². The molecule has 4 heteroatoms. The topological polar surface area (TPSA) is 52.6 Å². The zero-order valence-corrected chi connectivity index (χ0v) is 11.8. The highest BCUT2D eigenvalue weighted by atomic mass is 16.4. The van der Waals surface area contributed by atoms with Crippen LogP contribution >= 0.6 is 0 Å². The monoisotopic (exact) mass is 266 g/mol. The molecule has 1 heterocycles. The molecule has 3 rings (SSSR count). The molecule has 3 aliphatic rings. The van der Waals surface area contributed by atoms with Crippen LogP contribution in [0, 0.1) is 17.8 Å². The number of nitrogens with one attached hydrogen (secondary N) is 1. The predicted molar refractivity (Wildman–Crippen MR) is 74.0 cm³/mol. The summed E-state index contributed by atoms with van der Waals surface area (Å²) in [5.74, 6) is 0.357. The summed E-state index contributed by atoms with van der Waals surface area (Å²) in [6.45, 7) is 2.31. The van der Waals surface area contributed by atoms with Crippen molar-refractivity contribution in [2.24, 2.45) is 17.8 Å². The van der Waals surface area contributed by atoms with E-state index < -0.39 is 5.97 Å². The summed E-state index contributed by atoms with van der Waals surface area (Å²) in [6.07, 6.45) is 7.10. The molecule has 19 heavy (non-hydrogen) atoms. The Hall–Kier alpha value is -0.610. The zero-order valence-electron chi connectivity index (χ0n) is 11.8. The van der Waals surface area contributed by atoms with Gasteiger partial charge in [-0.3, -0.25) is 4.79 Å². The van der Waals surface area contributed by atoms with Crippen molar-refractivity contribution < 1.29 is 9.90 Å². The van der Waals surface area contributed by atoms with Gasteiger partial charge in [-0.15, -0.1) is 0 Å². The smallest absolute Gasteiger partial charge is 0.308 e. The Balaban J connectivity index is 1.63. The molecular weight excluding hydrogens is 240 g/mol. The highest BCUT2D eigenvalue weighted by molar-refractivity contribution is 5.72. The lowest BCUT2D eigenvalue weighted by Gasteiger charge is -2.32. The number of carbonyl (C=O) groups is 1. The van der Waals surface area contributed by atoms with Gasteiger partial charge in [0.1, 0.15) is 0 Å². The van der Waals surface area contributed by atoms with E-state index in [0.717, 1.165) is 25.8 Å². The van der Waals surface area contributed by atoms with Crippen LogP contribution < -0.4 is 5.32 Å². The van der Waals surface area contributed by atoms with E-state index in [9.17, 15) is 9.90 Å². The fraction of sp³-hybridized carbons (Fsp3) is 0.933. The molecule has 0 radical (unpaired) electrons. The fourth-order valence-corrected chi connectivity index (χ4v) is 4.57. The summed E-state index contributed by atoms with van der Waals surface area (Å²) in [5.41, 5.74) is 0. The second kappa shape index (κ2) is 5.41. The molecule has 0 aromatic carbocycles. The minimum absolute atomic E-state index is 0.125. The minimum Gasteiger partial charge on any atom is -0.481 e. The van der Waals surface area contributed by atoms with Crippen molar-refractivity contribution in [1.29, 1.82) is 0 Å². The first-order chi connectivity index (χ1) is 9.15. The Morgan fingerprint density at radius 1 is 1.16 bits per heavy atom. The largest absolute Gasteiger partial charge is 0.481 e. The van der Waals surface area contributed by atoms with Crippen molar-refractivity contribution in [1.82, 2.24) is 10.2 Å². The van der Waals surface area contributed by atoms with Crippen molar-refractivity contribution in [3.63, 3.8) is 0 Å². The molecule has 1 aliphatic heterocycles. The summed E-state index contributed by atoms with van der Waals surface area (Å²) in [6, 6.07) is 0.765. The number of carboxylic acid groups (broad SMARTS) is 1. The van der Waals surface area contributed by atoms with Gasteiger partial charge in [0, 0.05) is 12.1 Å². The number of aliphatic carboxylic acids is 1. The summed E-state index contributed by atoms with van der Waals surface area (Å²) in [4.78, 5) is 13.9. The molecule has 4 nitrogen and oxygen atoms in total. The van der Waals surface area contributed by atoms with Gasteiger partial charge in [0.05, 0.1) is 5.92 Å². The van der Waals surface area contributed by atoms with Crippen LogP contribution in [-0.4, -0.2) is 48.2 Å². The maximum Gasteiger partial charge on any atom is 0.308 e. The number of rotatable bonds is 3. The predicted octanol–water partition coefficient (Wildman–Crippen LogP) is 1.56. The van der Waals surface area contributed by atoms with Crippen LogP contribution in [0.4, 0.5) is 0 Å². The third kappa shape index (κ3) is 2.65. The standard InChI is InChI=1S/C15H26N2O2/c1-17-7-2-3-12(6-8-17)16-14-11-5-4-10(9-11)13(14)15(18)19/h10-14,16H,2-9H2,1H3,(H,18,19). The van der Waals surface area contributed by atoms with Crippen molar-refractivity contribution in [3.05, 3.63) is 0 Å². The molecule has 3 fully saturated rings.